The third-order valence-electron chi connectivity index (χ3n) is 6.21. The third-order valence-corrected chi connectivity index (χ3v) is 6.21. The van der Waals surface area contributed by atoms with Gasteiger partial charge in [0.2, 0.25) is 0 Å². The molecule has 7 heteroatoms. The van der Waals surface area contributed by atoms with E-state index in [2.05, 4.69) is 16.0 Å². The van der Waals surface area contributed by atoms with E-state index in [1.165, 1.54) is 6.42 Å². The Kier molecular flexibility index (Phi) is 4.81. The third kappa shape index (κ3) is 3.18. The van der Waals surface area contributed by atoms with Crippen LogP contribution < -0.4 is 9.64 Å². The van der Waals surface area contributed by atoms with E-state index in [1.54, 1.807) is 6.20 Å². The number of amides is 2. The van der Waals surface area contributed by atoms with E-state index in [0.29, 0.717) is 43.4 Å². The summed E-state index contributed by atoms with van der Waals surface area (Å²) >= 11 is 0. The van der Waals surface area contributed by atoms with Crippen LogP contribution in [0.4, 0.5) is 11.5 Å². The number of hydrogen-bond donors (Lipinski definition) is 0. The molecule has 7 nitrogen and oxygen atoms in total. The summed E-state index contributed by atoms with van der Waals surface area (Å²) in [6.07, 6.45) is 4.97. The van der Waals surface area contributed by atoms with Gasteiger partial charge in [-0.2, -0.15) is 0 Å². The molecule has 0 atom stereocenters. The van der Waals surface area contributed by atoms with Gasteiger partial charge in [0.1, 0.15) is 6.61 Å². The molecule has 4 heterocycles. The van der Waals surface area contributed by atoms with Crippen molar-refractivity contribution >= 4 is 23.3 Å². The number of pyridine rings is 1. The Balaban J connectivity index is 1.42. The number of piperidine rings is 1. The number of fused-ring (bicyclic) bond motifs is 2. The summed E-state index contributed by atoms with van der Waals surface area (Å²) in [4.78, 5) is 35.7. The fourth-order valence-corrected chi connectivity index (χ4v) is 4.54. The lowest BCUT2D eigenvalue weighted by atomic mass is 10.1. The molecule has 1 saturated heterocycles. The molecule has 0 N–H and O–H groups in total. The van der Waals surface area contributed by atoms with Crippen molar-refractivity contribution in [3.63, 3.8) is 0 Å². The Morgan fingerprint density at radius 2 is 1.97 bits per heavy atom. The van der Waals surface area contributed by atoms with Crippen LogP contribution in [0.5, 0.6) is 5.75 Å². The van der Waals surface area contributed by atoms with Gasteiger partial charge in [-0.25, -0.2) is 4.98 Å². The van der Waals surface area contributed by atoms with Crippen LogP contribution in [0.1, 0.15) is 52.5 Å². The fourth-order valence-electron chi connectivity index (χ4n) is 4.54. The first kappa shape index (κ1) is 18.9. The highest BCUT2D eigenvalue weighted by Gasteiger charge is 2.29. The topological polar surface area (TPSA) is 66.0 Å². The smallest absolute Gasteiger partial charge is 0.255 e. The van der Waals surface area contributed by atoms with Crippen molar-refractivity contribution in [2.75, 3.05) is 37.7 Å². The number of aromatic nitrogens is 1. The number of likely N-dealkylation sites (tertiary alicyclic amines) is 1. The molecule has 156 valence electrons. The number of nitrogens with zero attached hydrogens (tertiary/aromatic N) is 4. The van der Waals surface area contributed by atoms with Crippen molar-refractivity contribution in [1.82, 2.24) is 14.8 Å². The lowest BCUT2D eigenvalue weighted by Gasteiger charge is -2.31. The van der Waals surface area contributed by atoms with E-state index in [1.807, 2.05) is 34.9 Å². The summed E-state index contributed by atoms with van der Waals surface area (Å²) in [6.45, 7) is 6.16. The quantitative estimate of drug-likeness (QED) is 0.783. The molecule has 0 bridgehead atoms. The first-order valence-corrected chi connectivity index (χ1v) is 10.8. The van der Waals surface area contributed by atoms with Crippen molar-refractivity contribution < 1.29 is 14.3 Å². The number of hydrogen-bond acceptors (Lipinski definition) is 5. The number of carbonyl (C=O) groups excluding carboxylic acids is 2. The zero-order valence-corrected chi connectivity index (χ0v) is 17.3. The number of anilines is 2. The van der Waals surface area contributed by atoms with E-state index >= 15 is 0 Å². The van der Waals surface area contributed by atoms with Crippen LogP contribution in [-0.4, -0.2) is 59.4 Å². The Hall–Kier alpha value is -3.09. The van der Waals surface area contributed by atoms with Crippen molar-refractivity contribution in [3.8, 4) is 5.75 Å². The van der Waals surface area contributed by atoms with Gasteiger partial charge in [0.25, 0.3) is 11.8 Å². The van der Waals surface area contributed by atoms with E-state index < -0.39 is 0 Å². The molecule has 3 aliphatic heterocycles. The van der Waals surface area contributed by atoms with E-state index in [0.717, 1.165) is 42.7 Å². The molecule has 0 aliphatic carbocycles. The van der Waals surface area contributed by atoms with E-state index in [-0.39, 0.29) is 11.8 Å². The number of ether oxygens (including phenoxy) is 1. The summed E-state index contributed by atoms with van der Waals surface area (Å²) in [5.74, 6) is 1.48. The number of rotatable bonds is 3. The largest absolute Gasteiger partial charge is 0.488 e. The monoisotopic (exact) mass is 406 g/mol. The average molecular weight is 406 g/mol. The Labute approximate surface area is 176 Å². The van der Waals surface area contributed by atoms with Crippen LogP contribution in [-0.2, 0) is 6.54 Å². The predicted octanol–water partition coefficient (Wildman–Crippen LogP) is 3.21. The zero-order valence-electron chi connectivity index (χ0n) is 17.3. The predicted molar refractivity (Wildman–Crippen MR) is 113 cm³/mol. The second-order valence-electron chi connectivity index (χ2n) is 8.06. The van der Waals surface area contributed by atoms with Gasteiger partial charge in [-0.3, -0.25) is 9.59 Å². The molecular formula is C23H26N4O3. The minimum atomic E-state index is 0.0291. The molecular weight excluding hydrogens is 380 g/mol. The minimum Gasteiger partial charge on any atom is -0.488 e. The maximum atomic E-state index is 12.8. The lowest BCUT2D eigenvalue weighted by Crippen LogP contribution is -2.36. The highest BCUT2D eigenvalue weighted by Crippen LogP contribution is 2.37. The standard InChI is InChI=1S/C23H26N4O3/c1-2-25-15-17-12-18(6-7-19(17)23(25)29)27-10-11-30-20-13-16(14-24-21(20)27)22(28)26-8-4-3-5-9-26/h6-7,12-14H,2-5,8-11,15H2,1H3. The second kappa shape index (κ2) is 7.63. The zero-order chi connectivity index (χ0) is 20.7. The van der Waals surface area contributed by atoms with Crippen molar-refractivity contribution in [2.45, 2.75) is 32.7 Å². The van der Waals surface area contributed by atoms with Gasteiger partial charge < -0.3 is 19.4 Å². The molecule has 1 aromatic carbocycles. The number of benzene rings is 1. The van der Waals surface area contributed by atoms with Crippen molar-refractivity contribution in [3.05, 3.63) is 47.2 Å². The van der Waals surface area contributed by atoms with Crippen molar-refractivity contribution in [2.24, 2.45) is 0 Å². The Bertz CT molecular complexity index is 1000. The van der Waals surface area contributed by atoms with Gasteiger partial charge in [0.05, 0.1) is 12.1 Å². The minimum absolute atomic E-state index is 0.0291. The SMILES string of the molecule is CCN1Cc2cc(N3CCOc4cc(C(=O)N5CCCCC5)cnc43)ccc2C1=O. The van der Waals surface area contributed by atoms with Crippen LogP contribution in [0.3, 0.4) is 0 Å². The highest BCUT2D eigenvalue weighted by molar-refractivity contribution is 5.99. The molecule has 0 radical (unpaired) electrons. The molecule has 2 amide bonds. The van der Waals surface area contributed by atoms with Gasteiger partial charge in [-0.1, -0.05) is 0 Å². The molecule has 30 heavy (non-hydrogen) atoms. The molecule has 0 unspecified atom stereocenters. The molecule has 3 aliphatic rings. The van der Waals surface area contributed by atoms with Crippen LogP contribution >= 0.6 is 0 Å². The normalized spacial score (nSPS) is 18.2. The van der Waals surface area contributed by atoms with Gasteiger partial charge in [0.15, 0.2) is 11.6 Å². The highest BCUT2D eigenvalue weighted by atomic mass is 16.5. The second-order valence-corrected chi connectivity index (χ2v) is 8.06. The maximum Gasteiger partial charge on any atom is 0.255 e. The van der Waals surface area contributed by atoms with Crippen LogP contribution in [0.2, 0.25) is 0 Å². The van der Waals surface area contributed by atoms with E-state index in [4.69, 9.17) is 4.74 Å². The van der Waals surface area contributed by atoms with E-state index in [9.17, 15) is 9.59 Å². The molecule has 1 fully saturated rings. The van der Waals surface area contributed by atoms with Crippen LogP contribution in [0, 0.1) is 0 Å². The van der Waals surface area contributed by atoms with Crippen LogP contribution in [0.15, 0.2) is 30.5 Å². The van der Waals surface area contributed by atoms with Gasteiger partial charge in [0, 0.05) is 43.6 Å². The molecule has 5 rings (SSSR count). The first-order chi connectivity index (χ1) is 14.7. The molecule has 2 aromatic rings. The van der Waals surface area contributed by atoms with Crippen LogP contribution in [0.25, 0.3) is 0 Å². The summed E-state index contributed by atoms with van der Waals surface area (Å²) in [7, 11) is 0. The lowest BCUT2D eigenvalue weighted by molar-refractivity contribution is 0.0722. The first-order valence-electron chi connectivity index (χ1n) is 10.8. The fraction of sp³-hybridized carbons (Fsp3) is 0.435. The molecule has 0 saturated carbocycles. The molecule has 1 aromatic heterocycles. The maximum absolute atomic E-state index is 12.8. The van der Waals surface area contributed by atoms with Gasteiger partial charge in [-0.15, -0.1) is 0 Å². The average Bonchev–Trinajstić information content (AvgIpc) is 3.13. The summed E-state index contributed by atoms with van der Waals surface area (Å²) in [5.41, 5.74) is 3.40. The molecule has 0 spiro atoms. The number of carbonyl (C=O) groups is 2. The van der Waals surface area contributed by atoms with Crippen molar-refractivity contribution in [1.29, 1.82) is 0 Å². The summed E-state index contributed by atoms with van der Waals surface area (Å²) in [5, 5.41) is 0. The Morgan fingerprint density at radius 3 is 2.77 bits per heavy atom. The van der Waals surface area contributed by atoms with Gasteiger partial charge >= 0.3 is 0 Å². The van der Waals surface area contributed by atoms with Gasteiger partial charge in [-0.05, 0) is 56.0 Å². The summed E-state index contributed by atoms with van der Waals surface area (Å²) in [6, 6.07) is 7.78. The summed E-state index contributed by atoms with van der Waals surface area (Å²) < 4.78 is 5.86. The Morgan fingerprint density at radius 1 is 1.13 bits per heavy atom.